The van der Waals surface area contributed by atoms with Crippen molar-refractivity contribution in [2.75, 3.05) is 13.1 Å². The summed E-state index contributed by atoms with van der Waals surface area (Å²) in [6, 6.07) is 9.58. The van der Waals surface area contributed by atoms with Crippen molar-refractivity contribution in [1.29, 1.82) is 0 Å². The summed E-state index contributed by atoms with van der Waals surface area (Å²) in [5, 5.41) is 0. The van der Waals surface area contributed by atoms with E-state index in [1.54, 1.807) is 4.90 Å². The summed E-state index contributed by atoms with van der Waals surface area (Å²) in [6.45, 7) is 2.29. The Morgan fingerprint density at radius 1 is 1.41 bits per heavy atom. The van der Waals surface area contributed by atoms with Gasteiger partial charge in [0.2, 0.25) is 5.91 Å². The molecule has 2 N–H and O–H groups in total. The van der Waals surface area contributed by atoms with Crippen LogP contribution in [0.1, 0.15) is 12.5 Å². The SMILES string of the molecule is CC(=O)N(CC(=CF)CN)Cc1ccccc1. The molecule has 1 aromatic rings. The molecule has 0 aromatic heterocycles. The number of hydrogen-bond acceptors (Lipinski definition) is 2. The summed E-state index contributed by atoms with van der Waals surface area (Å²) in [7, 11) is 0. The van der Waals surface area contributed by atoms with Crippen molar-refractivity contribution >= 4 is 5.91 Å². The van der Waals surface area contributed by atoms with E-state index in [0.717, 1.165) is 5.56 Å². The minimum atomic E-state index is -0.0957. The summed E-state index contributed by atoms with van der Waals surface area (Å²) < 4.78 is 12.4. The topological polar surface area (TPSA) is 46.3 Å². The molecule has 4 heteroatoms. The van der Waals surface area contributed by atoms with E-state index in [2.05, 4.69) is 0 Å². The zero-order valence-corrected chi connectivity index (χ0v) is 9.90. The highest BCUT2D eigenvalue weighted by atomic mass is 19.1. The van der Waals surface area contributed by atoms with E-state index in [-0.39, 0.29) is 19.0 Å². The molecule has 1 rings (SSSR count). The Labute approximate surface area is 101 Å². The lowest BCUT2D eigenvalue weighted by atomic mass is 10.2. The lowest BCUT2D eigenvalue weighted by Crippen LogP contribution is -2.31. The average Bonchev–Trinajstić information content (AvgIpc) is 2.35. The van der Waals surface area contributed by atoms with Gasteiger partial charge in [-0.15, -0.1) is 0 Å². The molecule has 0 heterocycles. The molecular weight excluding hydrogens is 219 g/mol. The van der Waals surface area contributed by atoms with Crippen molar-refractivity contribution in [2.45, 2.75) is 13.5 Å². The molecule has 92 valence electrons. The molecule has 17 heavy (non-hydrogen) atoms. The summed E-state index contributed by atoms with van der Waals surface area (Å²) in [6.07, 6.45) is 0.473. The number of amides is 1. The molecule has 0 atom stereocenters. The Bertz CT molecular complexity index is 390. The summed E-state index contributed by atoms with van der Waals surface area (Å²) in [5.41, 5.74) is 6.80. The zero-order valence-electron chi connectivity index (χ0n) is 9.90. The number of carbonyl (C=O) groups excluding carboxylic acids is 1. The highest BCUT2D eigenvalue weighted by Crippen LogP contribution is 2.07. The Balaban J connectivity index is 2.71. The molecule has 0 saturated carbocycles. The van der Waals surface area contributed by atoms with Gasteiger partial charge in [0.1, 0.15) is 0 Å². The molecule has 0 fully saturated rings. The first-order valence-corrected chi connectivity index (χ1v) is 5.45. The van der Waals surface area contributed by atoms with Crippen LogP contribution in [0, 0.1) is 0 Å². The molecule has 0 spiro atoms. The van der Waals surface area contributed by atoms with E-state index < -0.39 is 0 Å². The molecule has 0 unspecified atom stereocenters. The van der Waals surface area contributed by atoms with Gasteiger partial charge >= 0.3 is 0 Å². The van der Waals surface area contributed by atoms with Crippen molar-refractivity contribution in [3.8, 4) is 0 Å². The van der Waals surface area contributed by atoms with Crippen molar-refractivity contribution in [3.63, 3.8) is 0 Å². The van der Waals surface area contributed by atoms with Crippen molar-refractivity contribution in [1.82, 2.24) is 4.90 Å². The van der Waals surface area contributed by atoms with E-state index in [1.807, 2.05) is 30.3 Å². The largest absolute Gasteiger partial charge is 0.334 e. The maximum Gasteiger partial charge on any atom is 0.220 e. The Morgan fingerprint density at radius 2 is 2.06 bits per heavy atom. The van der Waals surface area contributed by atoms with Crippen LogP contribution < -0.4 is 5.73 Å². The normalized spacial score (nSPS) is 11.4. The van der Waals surface area contributed by atoms with Gasteiger partial charge in [-0.2, -0.15) is 0 Å². The minimum absolute atomic E-state index is 0.0957. The second-order valence-electron chi connectivity index (χ2n) is 3.83. The molecule has 0 aliphatic rings. The Kier molecular flexibility index (Phi) is 5.36. The predicted molar refractivity (Wildman–Crippen MR) is 65.8 cm³/mol. The van der Waals surface area contributed by atoms with Crippen LogP contribution >= 0.6 is 0 Å². The maximum absolute atomic E-state index is 12.4. The van der Waals surface area contributed by atoms with E-state index in [0.29, 0.717) is 18.4 Å². The lowest BCUT2D eigenvalue weighted by molar-refractivity contribution is -0.129. The third-order valence-corrected chi connectivity index (χ3v) is 2.47. The molecule has 0 aliphatic carbocycles. The number of benzene rings is 1. The number of halogens is 1. The quantitative estimate of drug-likeness (QED) is 0.848. The summed E-state index contributed by atoms with van der Waals surface area (Å²) in [4.78, 5) is 13.0. The van der Waals surface area contributed by atoms with Gasteiger partial charge in [0, 0.05) is 26.6 Å². The van der Waals surface area contributed by atoms with Gasteiger partial charge in [0.05, 0.1) is 6.33 Å². The maximum atomic E-state index is 12.4. The highest BCUT2D eigenvalue weighted by Gasteiger charge is 2.11. The van der Waals surface area contributed by atoms with E-state index >= 15 is 0 Å². The number of nitrogens with two attached hydrogens (primary N) is 1. The number of hydrogen-bond donors (Lipinski definition) is 1. The third-order valence-electron chi connectivity index (χ3n) is 2.47. The first-order chi connectivity index (χ1) is 8.17. The molecule has 0 radical (unpaired) electrons. The fraction of sp³-hybridized carbons (Fsp3) is 0.308. The van der Waals surface area contributed by atoms with Crippen molar-refractivity contribution < 1.29 is 9.18 Å². The number of rotatable bonds is 5. The standard InChI is InChI=1S/C13H17FN2O/c1-11(17)16(10-13(7-14)8-15)9-12-5-3-2-4-6-12/h2-7H,8-10,15H2,1H3. The minimum Gasteiger partial charge on any atom is -0.334 e. The van der Waals surface area contributed by atoms with Crippen LogP contribution in [0.4, 0.5) is 4.39 Å². The van der Waals surface area contributed by atoms with Gasteiger partial charge in [-0.25, -0.2) is 4.39 Å². The third kappa shape index (κ3) is 4.36. The molecular formula is C13H17FN2O. The van der Waals surface area contributed by atoms with E-state index in [9.17, 15) is 9.18 Å². The molecule has 3 nitrogen and oxygen atoms in total. The second-order valence-corrected chi connectivity index (χ2v) is 3.83. The Hall–Kier alpha value is -1.68. The van der Waals surface area contributed by atoms with Crippen molar-refractivity contribution in [3.05, 3.63) is 47.8 Å². The summed E-state index contributed by atoms with van der Waals surface area (Å²) in [5.74, 6) is -0.0957. The van der Waals surface area contributed by atoms with Gasteiger partial charge in [-0.05, 0) is 11.1 Å². The zero-order chi connectivity index (χ0) is 12.7. The molecule has 1 aromatic carbocycles. The first-order valence-electron chi connectivity index (χ1n) is 5.45. The second kappa shape index (κ2) is 6.81. The van der Waals surface area contributed by atoms with Crippen LogP contribution in [0.2, 0.25) is 0 Å². The van der Waals surface area contributed by atoms with E-state index in [4.69, 9.17) is 5.73 Å². The van der Waals surface area contributed by atoms with Crippen LogP contribution in [0.25, 0.3) is 0 Å². The smallest absolute Gasteiger partial charge is 0.220 e. The van der Waals surface area contributed by atoms with Gasteiger partial charge in [-0.1, -0.05) is 30.3 Å². The van der Waals surface area contributed by atoms with Gasteiger partial charge in [0.25, 0.3) is 0 Å². The number of carbonyl (C=O) groups is 1. The fourth-order valence-corrected chi connectivity index (χ4v) is 1.47. The molecule has 1 amide bonds. The fourth-order valence-electron chi connectivity index (χ4n) is 1.47. The van der Waals surface area contributed by atoms with Crippen molar-refractivity contribution in [2.24, 2.45) is 5.73 Å². The lowest BCUT2D eigenvalue weighted by Gasteiger charge is -2.21. The van der Waals surface area contributed by atoms with Gasteiger partial charge in [-0.3, -0.25) is 4.79 Å². The highest BCUT2D eigenvalue weighted by molar-refractivity contribution is 5.73. The van der Waals surface area contributed by atoms with Gasteiger partial charge < -0.3 is 10.6 Å². The molecule has 0 bridgehead atoms. The molecule has 0 saturated heterocycles. The first kappa shape index (κ1) is 13.4. The van der Waals surface area contributed by atoms with E-state index in [1.165, 1.54) is 6.92 Å². The summed E-state index contributed by atoms with van der Waals surface area (Å²) >= 11 is 0. The van der Waals surface area contributed by atoms with Crippen LogP contribution in [0.3, 0.4) is 0 Å². The average molecular weight is 236 g/mol. The van der Waals surface area contributed by atoms with Crippen LogP contribution in [-0.2, 0) is 11.3 Å². The predicted octanol–water partition coefficient (Wildman–Crippen LogP) is 1.85. The van der Waals surface area contributed by atoms with Crippen LogP contribution in [-0.4, -0.2) is 23.9 Å². The monoisotopic (exact) mass is 236 g/mol. The van der Waals surface area contributed by atoms with Gasteiger partial charge in [0.15, 0.2) is 0 Å². The molecule has 0 aliphatic heterocycles. The number of nitrogens with zero attached hydrogens (tertiary/aromatic N) is 1. The van der Waals surface area contributed by atoms with Crippen LogP contribution in [0.15, 0.2) is 42.2 Å². The van der Waals surface area contributed by atoms with Crippen LogP contribution in [0.5, 0.6) is 0 Å². The Morgan fingerprint density at radius 3 is 2.53 bits per heavy atom.